The molecule has 0 saturated carbocycles. The third kappa shape index (κ3) is 5.50. The maximum absolute atomic E-state index is 13.2. The molecule has 1 saturated heterocycles. The second-order valence-corrected chi connectivity index (χ2v) is 10.9. The van der Waals surface area contributed by atoms with Crippen LogP contribution in [0.2, 0.25) is 5.02 Å². The first-order valence-corrected chi connectivity index (χ1v) is 13.9. The molecule has 0 aliphatic carbocycles. The minimum atomic E-state index is -4.00. The number of benzene rings is 2. The Hall–Kier alpha value is -4.22. The minimum absolute atomic E-state index is 0.0315. The molecule has 2 aromatic heterocycles. The number of piperazine rings is 1. The number of carbonyl (C=O) groups is 2. The number of ether oxygens (including phenoxy) is 1. The van der Waals surface area contributed by atoms with E-state index in [0.717, 1.165) is 0 Å². The van der Waals surface area contributed by atoms with Crippen LogP contribution in [0.5, 0.6) is 5.75 Å². The number of rotatable bonds is 6. The highest BCUT2D eigenvalue weighted by molar-refractivity contribution is 7.93. The van der Waals surface area contributed by atoms with Gasteiger partial charge in [0.15, 0.2) is 0 Å². The monoisotopic (exact) mass is 565 g/mol. The number of halogens is 1. The van der Waals surface area contributed by atoms with E-state index in [4.69, 9.17) is 16.3 Å². The third-order valence-corrected chi connectivity index (χ3v) is 8.00. The molecule has 2 amide bonds. The Morgan fingerprint density at radius 2 is 1.64 bits per heavy atom. The lowest BCUT2D eigenvalue weighted by Crippen LogP contribution is -2.50. The lowest BCUT2D eigenvalue weighted by Gasteiger charge is -2.34. The van der Waals surface area contributed by atoms with Gasteiger partial charge in [0.2, 0.25) is 0 Å². The van der Waals surface area contributed by atoms with Crippen LogP contribution in [0.15, 0.2) is 78.0 Å². The smallest absolute Gasteiger partial charge is 0.272 e. The summed E-state index contributed by atoms with van der Waals surface area (Å²) in [7, 11) is -2.60. The maximum Gasteiger partial charge on any atom is 0.272 e. The molecule has 10 nitrogen and oxygen atoms in total. The molecule has 200 valence electrons. The van der Waals surface area contributed by atoms with E-state index in [2.05, 4.69) is 14.7 Å². The highest BCUT2D eigenvalue weighted by atomic mass is 35.5. The van der Waals surface area contributed by atoms with Crippen molar-refractivity contribution in [1.29, 1.82) is 0 Å². The van der Waals surface area contributed by atoms with E-state index < -0.39 is 10.0 Å². The number of hydrogen-bond donors (Lipinski definition) is 1. The molecule has 0 spiro atoms. The molecule has 1 N–H and O–H groups in total. The number of nitrogens with one attached hydrogen (secondary N) is 1. The highest BCUT2D eigenvalue weighted by Gasteiger charge is 2.27. The van der Waals surface area contributed by atoms with E-state index in [1.165, 1.54) is 37.7 Å². The van der Waals surface area contributed by atoms with Crippen molar-refractivity contribution in [2.24, 2.45) is 0 Å². The van der Waals surface area contributed by atoms with Crippen molar-refractivity contribution >= 4 is 50.0 Å². The zero-order chi connectivity index (χ0) is 27.6. The number of methoxy groups -OCH3 is 1. The predicted octanol–water partition coefficient (Wildman–Crippen LogP) is 3.69. The van der Waals surface area contributed by atoms with Crippen LogP contribution in [-0.4, -0.2) is 73.3 Å². The van der Waals surface area contributed by atoms with Crippen LogP contribution in [0.25, 0.3) is 10.9 Å². The third-order valence-electron chi connectivity index (χ3n) is 6.38. The zero-order valence-electron chi connectivity index (χ0n) is 20.9. The molecule has 5 rings (SSSR count). The molecule has 0 bridgehead atoms. The van der Waals surface area contributed by atoms with Gasteiger partial charge >= 0.3 is 0 Å². The molecular weight excluding hydrogens is 542 g/mol. The summed E-state index contributed by atoms with van der Waals surface area (Å²) in [6.07, 6.45) is 2.96. The van der Waals surface area contributed by atoms with E-state index in [-0.39, 0.29) is 28.1 Å². The van der Waals surface area contributed by atoms with Gasteiger partial charge in [0, 0.05) is 49.5 Å². The van der Waals surface area contributed by atoms with Crippen molar-refractivity contribution < 1.29 is 22.7 Å². The van der Waals surface area contributed by atoms with Gasteiger partial charge in [-0.25, -0.2) is 13.4 Å². The number of sulfonamides is 1. The van der Waals surface area contributed by atoms with Gasteiger partial charge < -0.3 is 14.5 Å². The largest absolute Gasteiger partial charge is 0.495 e. The number of pyridine rings is 2. The van der Waals surface area contributed by atoms with Gasteiger partial charge in [-0.2, -0.15) is 0 Å². The number of carbonyl (C=O) groups excluding carboxylic acids is 2. The average Bonchev–Trinajstić information content (AvgIpc) is 2.96. The summed E-state index contributed by atoms with van der Waals surface area (Å²) in [6.45, 7) is 1.37. The molecular formula is C27H24ClN5O5S. The van der Waals surface area contributed by atoms with Crippen LogP contribution in [-0.2, 0) is 10.0 Å². The second kappa shape index (κ2) is 10.9. The normalized spacial score (nSPS) is 13.8. The van der Waals surface area contributed by atoms with Crippen LogP contribution in [0.3, 0.4) is 0 Å². The summed E-state index contributed by atoms with van der Waals surface area (Å²) in [4.78, 5) is 37.5. The molecule has 1 aliphatic heterocycles. The summed E-state index contributed by atoms with van der Waals surface area (Å²) < 4.78 is 34.4. The van der Waals surface area contributed by atoms with Crippen molar-refractivity contribution in [1.82, 2.24) is 19.8 Å². The maximum atomic E-state index is 13.2. The van der Waals surface area contributed by atoms with E-state index in [0.29, 0.717) is 53.4 Å². The van der Waals surface area contributed by atoms with E-state index >= 15 is 0 Å². The number of fused-ring (bicyclic) bond motifs is 1. The van der Waals surface area contributed by atoms with Gasteiger partial charge in [-0.15, -0.1) is 0 Å². The summed E-state index contributed by atoms with van der Waals surface area (Å²) >= 11 is 5.85. The van der Waals surface area contributed by atoms with Crippen molar-refractivity contribution in [3.8, 4) is 5.75 Å². The number of nitrogens with zero attached hydrogens (tertiary/aromatic N) is 4. The lowest BCUT2D eigenvalue weighted by molar-refractivity contribution is 0.0532. The molecule has 39 heavy (non-hydrogen) atoms. The number of anilines is 1. The quantitative estimate of drug-likeness (QED) is 0.378. The highest BCUT2D eigenvalue weighted by Crippen LogP contribution is 2.30. The fraction of sp³-hybridized carbons (Fsp3) is 0.185. The number of amides is 2. The Kier molecular flexibility index (Phi) is 7.36. The fourth-order valence-corrected chi connectivity index (χ4v) is 5.72. The van der Waals surface area contributed by atoms with Crippen LogP contribution < -0.4 is 9.46 Å². The van der Waals surface area contributed by atoms with Gasteiger partial charge in [-0.05, 0) is 42.5 Å². The molecule has 0 radical (unpaired) electrons. The Morgan fingerprint density at radius 1 is 0.923 bits per heavy atom. The molecule has 4 aromatic rings. The predicted molar refractivity (Wildman–Crippen MR) is 147 cm³/mol. The van der Waals surface area contributed by atoms with E-state index in [1.54, 1.807) is 52.3 Å². The van der Waals surface area contributed by atoms with Crippen LogP contribution in [0, 0.1) is 0 Å². The minimum Gasteiger partial charge on any atom is -0.495 e. The van der Waals surface area contributed by atoms with E-state index in [9.17, 15) is 18.0 Å². The number of aromatic nitrogens is 2. The molecule has 1 fully saturated rings. The van der Waals surface area contributed by atoms with Crippen molar-refractivity contribution in [2.45, 2.75) is 4.90 Å². The summed E-state index contributed by atoms with van der Waals surface area (Å²) in [5, 5.41) is 1.14. The van der Waals surface area contributed by atoms with Gasteiger partial charge in [0.1, 0.15) is 16.3 Å². The lowest BCUT2D eigenvalue weighted by atomic mass is 10.1. The summed E-state index contributed by atoms with van der Waals surface area (Å²) in [5.41, 5.74) is 1.16. The average molecular weight is 566 g/mol. The Bertz CT molecular complexity index is 1650. The Balaban J connectivity index is 1.29. The second-order valence-electron chi connectivity index (χ2n) is 8.80. The zero-order valence-corrected chi connectivity index (χ0v) is 22.4. The standard InChI is InChI=1S/C27H24ClN5O5S/c1-38-23-16-19(26(34)32-12-14-33(15-13-32)27(35)22-10-8-20(28)17-30-22)7-9-21(23)31-39(36,37)24-6-2-4-18-5-3-11-29-25(18)24/h2-11,16-17,31H,12-15H2,1H3. The molecule has 2 aromatic carbocycles. The molecule has 12 heteroatoms. The van der Waals surface area contributed by atoms with E-state index in [1.807, 2.05) is 0 Å². The first-order chi connectivity index (χ1) is 18.8. The van der Waals surface area contributed by atoms with Crippen LogP contribution >= 0.6 is 11.6 Å². The van der Waals surface area contributed by atoms with Crippen LogP contribution in [0.1, 0.15) is 20.8 Å². The van der Waals surface area contributed by atoms with Gasteiger partial charge in [-0.3, -0.25) is 19.3 Å². The Labute approximate surface area is 230 Å². The SMILES string of the molecule is COc1cc(C(=O)N2CCN(C(=O)c3ccc(Cl)cn3)CC2)ccc1NS(=O)(=O)c1cccc2cccnc12. The summed E-state index contributed by atoms with van der Waals surface area (Å²) in [6, 6.07) is 16.1. The van der Waals surface area contributed by atoms with Crippen molar-refractivity contribution in [2.75, 3.05) is 38.0 Å². The van der Waals surface area contributed by atoms with Crippen LogP contribution in [0.4, 0.5) is 5.69 Å². The topological polar surface area (TPSA) is 122 Å². The van der Waals surface area contributed by atoms with Gasteiger partial charge in [0.25, 0.3) is 21.8 Å². The number of hydrogen-bond acceptors (Lipinski definition) is 7. The molecule has 3 heterocycles. The first-order valence-electron chi connectivity index (χ1n) is 12.0. The first kappa shape index (κ1) is 26.4. The number of para-hydroxylation sites is 1. The fourth-order valence-electron chi connectivity index (χ4n) is 4.36. The Morgan fingerprint density at radius 3 is 2.33 bits per heavy atom. The van der Waals surface area contributed by atoms with Gasteiger partial charge in [-0.1, -0.05) is 29.8 Å². The molecule has 0 unspecified atom stereocenters. The van der Waals surface area contributed by atoms with Crippen molar-refractivity contribution in [3.05, 3.63) is 89.3 Å². The molecule has 1 aliphatic rings. The summed E-state index contributed by atoms with van der Waals surface area (Å²) in [5.74, 6) is -0.281. The molecule has 0 atom stereocenters. The van der Waals surface area contributed by atoms with Crippen molar-refractivity contribution in [3.63, 3.8) is 0 Å². The van der Waals surface area contributed by atoms with Gasteiger partial charge in [0.05, 0.1) is 23.3 Å².